The molecule has 4 aliphatic rings. The first-order valence-electron chi connectivity index (χ1n) is 12.3. The number of imide groups is 1. The summed E-state index contributed by atoms with van der Waals surface area (Å²) < 4.78 is 46.7. The number of thioether (sulfide) groups is 1. The molecule has 0 spiro atoms. The Morgan fingerprint density at radius 1 is 0.974 bits per heavy atom. The molecule has 7 rings (SSSR count). The Kier molecular flexibility index (Phi) is 5.20. The highest BCUT2D eigenvalue weighted by Gasteiger charge is 2.70. The molecule has 2 bridgehead atoms. The zero-order valence-corrected chi connectivity index (χ0v) is 21.5. The van der Waals surface area contributed by atoms with Gasteiger partial charge in [0.2, 0.25) is 11.8 Å². The molecule has 1 saturated heterocycles. The number of H-pyrrole nitrogens is 1. The van der Waals surface area contributed by atoms with E-state index in [-0.39, 0.29) is 33.8 Å². The molecule has 2 aliphatic carbocycles. The molecule has 2 saturated carbocycles. The van der Waals surface area contributed by atoms with Crippen LogP contribution in [-0.2, 0) is 15.8 Å². The van der Waals surface area contributed by atoms with Crippen molar-refractivity contribution < 1.29 is 27.5 Å². The minimum atomic E-state index is -4.70. The van der Waals surface area contributed by atoms with Crippen molar-refractivity contribution in [2.75, 3.05) is 12.0 Å². The van der Waals surface area contributed by atoms with Gasteiger partial charge in [-0.25, -0.2) is 4.90 Å². The van der Waals surface area contributed by atoms with E-state index >= 15 is 0 Å². The van der Waals surface area contributed by atoms with Gasteiger partial charge in [-0.15, -0.1) is 11.8 Å². The number of nitrogens with one attached hydrogen (secondary N) is 1. The van der Waals surface area contributed by atoms with Crippen LogP contribution in [0.25, 0.3) is 0 Å². The highest BCUT2D eigenvalue weighted by atomic mass is 32.2. The maximum absolute atomic E-state index is 13.8. The Bertz CT molecular complexity index is 1530. The number of ether oxygens (including phenoxy) is 1. The quantitative estimate of drug-likeness (QED) is 0.451. The molecule has 0 radical (unpaired) electrons. The van der Waals surface area contributed by atoms with Gasteiger partial charge in [0.15, 0.2) is 0 Å². The van der Waals surface area contributed by atoms with Crippen LogP contribution in [0.4, 0.5) is 18.9 Å². The molecule has 38 heavy (non-hydrogen) atoms. The molecule has 3 heterocycles. The number of anilines is 1. The van der Waals surface area contributed by atoms with Gasteiger partial charge in [-0.05, 0) is 54.0 Å². The van der Waals surface area contributed by atoms with Crippen molar-refractivity contribution in [1.82, 2.24) is 4.98 Å². The number of rotatable bonds is 3. The Morgan fingerprint density at radius 3 is 2.34 bits per heavy atom. The number of carbonyl (C=O) groups excluding carboxylic acids is 2. The summed E-state index contributed by atoms with van der Waals surface area (Å²) in [5.74, 6) is -2.28. The molecule has 3 fully saturated rings. The number of thiazole rings is 1. The summed E-state index contributed by atoms with van der Waals surface area (Å²) in [7, 11) is 1.58. The minimum absolute atomic E-state index is 0.0341. The zero-order valence-electron chi connectivity index (χ0n) is 19.9. The average Bonchev–Trinajstić information content (AvgIpc) is 3.62. The number of methoxy groups -OCH3 is 1. The van der Waals surface area contributed by atoms with Crippen LogP contribution in [0.15, 0.2) is 58.4 Å². The Morgan fingerprint density at radius 2 is 1.66 bits per heavy atom. The van der Waals surface area contributed by atoms with Gasteiger partial charge >= 0.3 is 11.0 Å². The molecule has 1 N–H and O–H groups in total. The van der Waals surface area contributed by atoms with Gasteiger partial charge in [0, 0.05) is 16.0 Å². The summed E-state index contributed by atoms with van der Waals surface area (Å²) in [5.41, 5.74) is -0.399. The molecule has 196 valence electrons. The first-order chi connectivity index (χ1) is 18.2. The number of para-hydroxylation sites is 1. The summed E-state index contributed by atoms with van der Waals surface area (Å²) in [6.07, 6.45) is -4.03. The van der Waals surface area contributed by atoms with Crippen LogP contribution in [0, 0.1) is 29.6 Å². The minimum Gasteiger partial charge on any atom is -0.497 e. The second-order valence-electron chi connectivity index (χ2n) is 10.3. The van der Waals surface area contributed by atoms with Gasteiger partial charge in [-0.1, -0.05) is 35.6 Å². The van der Waals surface area contributed by atoms with Gasteiger partial charge < -0.3 is 9.72 Å². The number of hydrogen-bond acceptors (Lipinski definition) is 6. The molecule has 1 aromatic heterocycles. The van der Waals surface area contributed by atoms with Crippen molar-refractivity contribution in [3.8, 4) is 5.75 Å². The van der Waals surface area contributed by atoms with Crippen molar-refractivity contribution in [3.05, 3.63) is 74.2 Å². The predicted molar refractivity (Wildman–Crippen MR) is 135 cm³/mol. The van der Waals surface area contributed by atoms with Crippen molar-refractivity contribution >= 4 is 40.6 Å². The number of benzene rings is 2. The van der Waals surface area contributed by atoms with E-state index in [4.69, 9.17) is 4.74 Å². The largest absolute Gasteiger partial charge is 0.497 e. The molecular weight excluding hydrogens is 537 g/mol. The molecule has 3 aromatic rings. The van der Waals surface area contributed by atoms with Crippen LogP contribution in [-0.4, -0.2) is 29.2 Å². The van der Waals surface area contributed by atoms with E-state index in [2.05, 4.69) is 4.98 Å². The van der Waals surface area contributed by atoms with Crippen LogP contribution in [0.5, 0.6) is 5.75 Å². The molecule has 7 atom stereocenters. The number of halogens is 3. The lowest BCUT2D eigenvalue weighted by Gasteiger charge is -2.43. The van der Waals surface area contributed by atoms with E-state index in [1.165, 1.54) is 18.2 Å². The fourth-order valence-electron chi connectivity index (χ4n) is 7.35. The first-order valence-corrected chi connectivity index (χ1v) is 14.0. The number of fused-ring (bicyclic) bond motifs is 9. The van der Waals surface area contributed by atoms with Crippen LogP contribution in [0.3, 0.4) is 0 Å². The van der Waals surface area contributed by atoms with Gasteiger partial charge in [0.25, 0.3) is 0 Å². The number of nitrogens with zero attached hydrogens (tertiary/aromatic N) is 1. The van der Waals surface area contributed by atoms with E-state index in [0.29, 0.717) is 12.2 Å². The highest BCUT2D eigenvalue weighted by Crippen LogP contribution is 2.68. The zero-order chi connectivity index (χ0) is 26.5. The summed E-state index contributed by atoms with van der Waals surface area (Å²) in [6, 6.07) is 12.4. The summed E-state index contributed by atoms with van der Waals surface area (Å²) in [5, 5.41) is 0.739. The summed E-state index contributed by atoms with van der Waals surface area (Å²) in [4.78, 5) is 44.3. The number of amides is 2. The lowest BCUT2D eigenvalue weighted by Crippen LogP contribution is -2.42. The third kappa shape index (κ3) is 3.24. The SMILES string of the molecule is COc1ccc([C@@H]2c3sc(=O)[nH]c3S[C@@H]3[C@@H]4C[C@@H]([C@@H]5C(=O)N(c6ccccc6C(F)(F)F)C(=O)[C@@H]45)[C@@H]23)cc1. The van der Waals surface area contributed by atoms with E-state index in [1.807, 2.05) is 24.3 Å². The van der Waals surface area contributed by atoms with Crippen molar-refractivity contribution in [1.29, 1.82) is 0 Å². The molecule has 0 unspecified atom stereocenters. The second kappa shape index (κ2) is 8.22. The van der Waals surface area contributed by atoms with Gasteiger partial charge in [-0.3, -0.25) is 14.4 Å². The van der Waals surface area contributed by atoms with Gasteiger partial charge in [0.1, 0.15) is 5.75 Å². The molecule has 2 aromatic carbocycles. The third-order valence-corrected chi connectivity index (χ3v) is 11.2. The van der Waals surface area contributed by atoms with Gasteiger partial charge in [-0.2, -0.15) is 13.2 Å². The van der Waals surface area contributed by atoms with E-state index in [0.717, 1.165) is 37.8 Å². The van der Waals surface area contributed by atoms with E-state index in [9.17, 15) is 27.6 Å². The standard InChI is InChI=1S/C27H21F3N2O4S2/c1-36-12-8-6-11(7-9-12)17-18-13-10-14(21(18)37-23-22(17)38-26(35)31-23)20-19(13)24(33)32(25(20)34)16-5-3-2-4-15(16)27(28,29)30/h2-9,13-14,17-21H,10H2,1H3,(H,31,35)/t13-,14-,17+,18+,19+,20+,21-/m1/s1. The van der Waals surface area contributed by atoms with Crippen LogP contribution >= 0.6 is 23.1 Å². The van der Waals surface area contributed by atoms with Crippen LogP contribution in [0.2, 0.25) is 0 Å². The summed E-state index contributed by atoms with van der Waals surface area (Å²) in [6.45, 7) is 0. The molecule has 2 amide bonds. The maximum Gasteiger partial charge on any atom is 0.418 e. The van der Waals surface area contributed by atoms with Crippen LogP contribution < -0.4 is 14.5 Å². The maximum atomic E-state index is 13.8. The molecule has 2 aliphatic heterocycles. The smallest absolute Gasteiger partial charge is 0.418 e. The first kappa shape index (κ1) is 24.0. The number of aromatic amines is 1. The monoisotopic (exact) mass is 558 g/mol. The predicted octanol–water partition coefficient (Wildman–Crippen LogP) is 5.14. The Hall–Kier alpha value is -3.05. The molecular formula is C27H21F3N2O4S2. The van der Waals surface area contributed by atoms with E-state index in [1.54, 1.807) is 18.9 Å². The Labute approximate surface area is 223 Å². The molecule has 6 nitrogen and oxygen atoms in total. The lowest BCUT2D eigenvalue weighted by molar-refractivity contribution is -0.137. The lowest BCUT2D eigenvalue weighted by atomic mass is 9.68. The third-order valence-electron chi connectivity index (χ3n) is 8.65. The second-order valence-corrected chi connectivity index (χ2v) is 12.5. The number of alkyl halides is 3. The topological polar surface area (TPSA) is 79.5 Å². The van der Waals surface area contributed by atoms with Gasteiger partial charge in [0.05, 0.1) is 35.2 Å². The normalized spacial score (nSPS) is 31.4. The summed E-state index contributed by atoms with van der Waals surface area (Å²) >= 11 is 2.70. The van der Waals surface area contributed by atoms with Crippen molar-refractivity contribution in [2.24, 2.45) is 29.6 Å². The average molecular weight is 559 g/mol. The van der Waals surface area contributed by atoms with Crippen molar-refractivity contribution in [2.45, 2.75) is 28.8 Å². The van der Waals surface area contributed by atoms with E-state index < -0.39 is 41.1 Å². The highest BCUT2D eigenvalue weighted by molar-refractivity contribution is 8.00. The van der Waals surface area contributed by atoms with Crippen LogP contribution in [0.1, 0.15) is 28.3 Å². The fourth-order valence-corrected chi connectivity index (χ4v) is 10.2. The molecule has 11 heteroatoms. The number of hydrogen-bond donors (Lipinski definition) is 1. The van der Waals surface area contributed by atoms with Crippen molar-refractivity contribution in [3.63, 3.8) is 0 Å². The number of carbonyl (C=O) groups is 2. The number of aromatic nitrogens is 1. The Balaban J connectivity index is 1.32. The fraction of sp³-hybridized carbons (Fsp3) is 0.370.